The van der Waals surface area contributed by atoms with Crippen molar-refractivity contribution in [3.05, 3.63) is 0 Å². The standard InChI is InChI=1S/C3H9NO3/c1-3(5)2-7-4-6/h3-6H,2H2,1H3/t3-/m1/s1. The van der Waals surface area contributed by atoms with Crippen LogP contribution in [0.2, 0.25) is 0 Å². The predicted molar refractivity (Wildman–Crippen MR) is 22.6 cm³/mol. The molecule has 1 atom stereocenters. The average Bonchev–Trinajstić information content (AvgIpc) is 1.61. The maximum atomic E-state index is 8.41. The molecule has 0 rings (SSSR count). The van der Waals surface area contributed by atoms with Gasteiger partial charge in [0, 0.05) is 0 Å². The highest BCUT2D eigenvalue weighted by molar-refractivity contribution is 4.36. The summed E-state index contributed by atoms with van der Waals surface area (Å²) in [4.78, 5) is 4.15. The van der Waals surface area contributed by atoms with Gasteiger partial charge in [-0.2, -0.15) is 0 Å². The molecule has 0 fully saturated rings. The fourth-order valence-corrected chi connectivity index (χ4v) is 0.158. The molecule has 4 nitrogen and oxygen atoms in total. The Kier molecular flexibility index (Phi) is 3.92. The van der Waals surface area contributed by atoms with Crippen molar-refractivity contribution in [3.8, 4) is 0 Å². The summed E-state index contributed by atoms with van der Waals surface area (Å²) in [7, 11) is 0. The molecule has 7 heavy (non-hydrogen) atoms. The molecule has 0 saturated carbocycles. The van der Waals surface area contributed by atoms with Crippen LogP contribution in [0.25, 0.3) is 0 Å². The van der Waals surface area contributed by atoms with Crippen LogP contribution in [-0.2, 0) is 4.84 Å². The molecule has 4 heteroatoms. The topological polar surface area (TPSA) is 61.7 Å². The summed E-state index contributed by atoms with van der Waals surface area (Å²) in [6, 6.07) is 0. The van der Waals surface area contributed by atoms with Gasteiger partial charge < -0.3 is 5.11 Å². The average molecular weight is 107 g/mol. The summed E-state index contributed by atoms with van der Waals surface area (Å²) in [5.41, 5.74) is 1.44. The van der Waals surface area contributed by atoms with Gasteiger partial charge in [-0.3, -0.25) is 10.0 Å². The van der Waals surface area contributed by atoms with Gasteiger partial charge in [0.25, 0.3) is 0 Å². The van der Waals surface area contributed by atoms with Crippen molar-refractivity contribution in [2.24, 2.45) is 0 Å². The Morgan fingerprint density at radius 1 is 1.86 bits per heavy atom. The number of hydrogen-bond donors (Lipinski definition) is 3. The molecular formula is C3H9NO3. The first-order valence-corrected chi connectivity index (χ1v) is 1.96. The smallest absolute Gasteiger partial charge is 0.0965 e. The zero-order chi connectivity index (χ0) is 5.70. The zero-order valence-corrected chi connectivity index (χ0v) is 4.09. The largest absolute Gasteiger partial charge is 0.391 e. The fourth-order valence-electron chi connectivity index (χ4n) is 0.158. The lowest BCUT2D eigenvalue weighted by molar-refractivity contribution is -0.144. The molecule has 0 saturated heterocycles. The van der Waals surface area contributed by atoms with Gasteiger partial charge in [0.05, 0.1) is 12.7 Å². The van der Waals surface area contributed by atoms with Gasteiger partial charge in [0.1, 0.15) is 0 Å². The Hall–Kier alpha value is -0.160. The minimum absolute atomic E-state index is 0.0938. The van der Waals surface area contributed by atoms with Crippen molar-refractivity contribution in [1.29, 1.82) is 0 Å². The Labute approximate surface area is 41.6 Å². The second-order valence-electron chi connectivity index (χ2n) is 1.25. The van der Waals surface area contributed by atoms with E-state index in [0.29, 0.717) is 0 Å². The second-order valence-corrected chi connectivity index (χ2v) is 1.25. The van der Waals surface area contributed by atoms with Crippen LogP contribution < -0.4 is 5.64 Å². The molecular weight excluding hydrogens is 98.0 g/mol. The van der Waals surface area contributed by atoms with E-state index in [9.17, 15) is 0 Å². The van der Waals surface area contributed by atoms with Crippen molar-refractivity contribution >= 4 is 0 Å². The quantitative estimate of drug-likeness (QED) is 0.416. The molecule has 0 spiro atoms. The third kappa shape index (κ3) is 5.84. The number of aliphatic hydroxyl groups is 1. The van der Waals surface area contributed by atoms with Crippen LogP contribution in [0, 0.1) is 0 Å². The summed E-state index contributed by atoms with van der Waals surface area (Å²) in [6.07, 6.45) is -0.542. The molecule has 44 valence electrons. The lowest BCUT2D eigenvalue weighted by Gasteiger charge is -2.00. The predicted octanol–water partition coefficient (Wildman–Crippen LogP) is -0.722. The van der Waals surface area contributed by atoms with E-state index < -0.39 is 6.10 Å². The monoisotopic (exact) mass is 107 g/mol. The molecule has 0 aromatic carbocycles. The van der Waals surface area contributed by atoms with Gasteiger partial charge in [0.15, 0.2) is 0 Å². The SMILES string of the molecule is C[C@@H](O)CONO. The van der Waals surface area contributed by atoms with E-state index >= 15 is 0 Å². The highest BCUT2D eigenvalue weighted by Gasteiger charge is 1.90. The van der Waals surface area contributed by atoms with Crippen molar-refractivity contribution in [3.63, 3.8) is 0 Å². The minimum Gasteiger partial charge on any atom is -0.391 e. The Morgan fingerprint density at radius 3 is 2.57 bits per heavy atom. The highest BCUT2D eigenvalue weighted by atomic mass is 16.8. The minimum atomic E-state index is -0.542. The van der Waals surface area contributed by atoms with Crippen molar-refractivity contribution in [2.45, 2.75) is 13.0 Å². The molecule has 0 aliphatic heterocycles. The third-order valence-electron chi connectivity index (χ3n) is 0.389. The molecule has 0 unspecified atom stereocenters. The van der Waals surface area contributed by atoms with Gasteiger partial charge in [-0.25, -0.2) is 0 Å². The lowest BCUT2D eigenvalue weighted by Crippen LogP contribution is -2.17. The molecule has 0 aromatic heterocycles. The highest BCUT2D eigenvalue weighted by Crippen LogP contribution is 1.75. The number of hydrogen-bond acceptors (Lipinski definition) is 4. The summed E-state index contributed by atoms with van der Waals surface area (Å²) in [5, 5.41) is 16.1. The van der Waals surface area contributed by atoms with Crippen molar-refractivity contribution in [1.82, 2.24) is 5.64 Å². The Bertz CT molecular complexity index is 39.2. The molecule has 0 heterocycles. The summed E-state index contributed by atoms with van der Waals surface area (Å²) >= 11 is 0. The summed E-state index contributed by atoms with van der Waals surface area (Å²) < 4.78 is 0. The number of rotatable bonds is 3. The van der Waals surface area contributed by atoms with E-state index in [4.69, 9.17) is 10.3 Å². The number of nitrogens with one attached hydrogen (secondary N) is 1. The van der Waals surface area contributed by atoms with Gasteiger partial charge >= 0.3 is 0 Å². The van der Waals surface area contributed by atoms with Crippen LogP contribution in [0.5, 0.6) is 0 Å². The fraction of sp³-hybridized carbons (Fsp3) is 1.00. The molecule has 0 radical (unpaired) electrons. The van der Waals surface area contributed by atoms with Crippen LogP contribution in [0.1, 0.15) is 6.92 Å². The maximum Gasteiger partial charge on any atom is 0.0965 e. The van der Waals surface area contributed by atoms with Crippen LogP contribution in [0.15, 0.2) is 0 Å². The molecule has 0 aliphatic carbocycles. The van der Waals surface area contributed by atoms with E-state index in [1.54, 1.807) is 6.92 Å². The molecule has 3 N–H and O–H groups in total. The van der Waals surface area contributed by atoms with E-state index in [0.717, 1.165) is 0 Å². The first kappa shape index (κ1) is 6.84. The summed E-state index contributed by atoms with van der Waals surface area (Å²) in [5.74, 6) is 0. The maximum absolute atomic E-state index is 8.41. The first-order valence-electron chi connectivity index (χ1n) is 1.96. The van der Waals surface area contributed by atoms with E-state index in [-0.39, 0.29) is 6.61 Å². The van der Waals surface area contributed by atoms with Crippen LogP contribution in [-0.4, -0.2) is 23.0 Å². The number of aliphatic hydroxyl groups excluding tert-OH is 1. The normalized spacial score (nSPS) is 14.1. The van der Waals surface area contributed by atoms with Gasteiger partial charge in [-0.1, -0.05) is 5.64 Å². The molecule has 0 bridgehead atoms. The second kappa shape index (κ2) is 4.01. The summed E-state index contributed by atoms with van der Waals surface area (Å²) in [6.45, 7) is 1.65. The van der Waals surface area contributed by atoms with Crippen molar-refractivity contribution < 1.29 is 15.2 Å². The molecule has 0 aliphatic rings. The third-order valence-corrected chi connectivity index (χ3v) is 0.389. The van der Waals surface area contributed by atoms with Crippen molar-refractivity contribution in [2.75, 3.05) is 6.61 Å². The molecule has 0 aromatic rings. The van der Waals surface area contributed by atoms with E-state index in [1.807, 2.05) is 0 Å². The Balaban J connectivity index is 2.68. The van der Waals surface area contributed by atoms with E-state index in [1.165, 1.54) is 5.64 Å². The molecule has 0 amide bonds. The van der Waals surface area contributed by atoms with E-state index in [2.05, 4.69) is 4.84 Å². The first-order chi connectivity index (χ1) is 3.27. The Morgan fingerprint density at radius 2 is 2.43 bits per heavy atom. The van der Waals surface area contributed by atoms with Gasteiger partial charge in [-0.05, 0) is 6.92 Å². The zero-order valence-electron chi connectivity index (χ0n) is 4.09. The van der Waals surface area contributed by atoms with Crippen LogP contribution >= 0.6 is 0 Å². The van der Waals surface area contributed by atoms with Crippen LogP contribution in [0.4, 0.5) is 0 Å². The van der Waals surface area contributed by atoms with Gasteiger partial charge in [-0.15, -0.1) is 0 Å². The lowest BCUT2D eigenvalue weighted by atomic mass is 10.5. The van der Waals surface area contributed by atoms with Gasteiger partial charge in [0.2, 0.25) is 0 Å². The van der Waals surface area contributed by atoms with Crippen LogP contribution in [0.3, 0.4) is 0 Å².